The zero-order chi connectivity index (χ0) is 8.27. The molecule has 1 radical (unpaired) electrons. The molecule has 0 aliphatic heterocycles. The van der Waals surface area contributed by atoms with E-state index in [1.807, 2.05) is 0 Å². The van der Waals surface area contributed by atoms with Crippen molar-refractivity contribution in [2.24, 2.45) is 5.92 Å². The lowest BCUT2D eigenvalue weighted by Crippen LogP contribution is -2.24. The molecule has 1 rings (SSSR count). The zero-order valence-corrected chi connectivity index (χ0v) is 7.01. The van der Waals surface area contributed by atoms with Gasteiger partial charge in [-0.1, -0.05) is 0 Å². The van der Waals surface area contributed by atoms with Gasteiger partial charge in [0.05, 0.1) is 6.10 Å². The maximum Gasteiger partial charge on any atom is 0.136 e. The summed E-state index contributed by atoms with van der Waals surface area (Å²) in [6.07, 6.45) is 4.33. The summed E-state index contributed by atoms with van der Waals surface area (Å²) in [5, 5.41) is 0. The smallest absolute Gasteiger partial charge is 0.136 e. The summed E-state index contributed by atoms with van der Waals surface area (Å²) in [7, 11) is 1.73. The van der Waals surface area contributed by atoms with E-state index in [4.69, 9.17) is 4.74 Å². The standard InChI is InChI=1S/C9H15O2/c1-7(10)8-3-5-9(11-2)6-4-8/h8-9H,1,3-6H2,2H3. The van der Waals surface area contributed by atoms with Crippen LogP contribution in [0.1, 0.15) is 25.7 Å². The topological polar surface area (TPSA) is 26.3 Å². The molecule has 0 N–H and O–H groups in total. The molecular formula is C9H15O2. The molecule has 63 valence electrons. The first-order valence-corrected chi connectivity index (χ1v) is 4.12. The molecule has 0 unspecified atom stereocenters. The fraction of sp³-hybridized carbons (Fsp3) is 0.778. The molecule has 1 fully saturated rings. The van der Waals surface area contributed by atoms with Crippen molar-refractivity contribution in [2.45, 2.75) is 31.8 Å². The van der Waals surface area contributed by atoms with Gasteiger partial charge in [-0.25, -0.2) is 0 Å². The van der Waals surface area contributed by atoms with Crippen molar-refractivity contribution in [1.29, 1.82) is 0 Å². The van der Waals surface area contributed by atoms with E-state index < -0.39 is 0 Å². The predicted molar refractivity (Wildman–Crippen MR) is 43.1 cm³/mol. The molecule has 0 spiro atoms. The Balaban J connectivity index is 2.30. The molecular weight excluding hydrogens is 140 g/mol. The highest BCUT2D eigenvalue weighted by molar-refractivity contribution is 5.84. The van der Waals surface area contributed by atoms with E-state index in [1.54, 1.807) is 7.11 Å². The molecule has 1 aliphatic carbocycles. The Hall–Kier alpha value is -0.370. The fourth-order valence-electron chi connectivity index (χ4n) is 1.62. The van der Waals surface area contributed by atoms with Gasteiger partial charge in [0.25, 0.3) is 0 Å². The van der Waals surface area contributed by atoms with Gasteiger partial charge in [0.15, 0.2) is 0 Å². The van der Waals surface area contributed by atoms with Crippen LogP contribution < -0.4 is 0 Å². The van der Waals surface area contributed by atoms with Crippen LogP contribution in [0.5, 0.6) is 0 Å². The first-order chi connectivity index (χ1) is 5.24. The molecule has 0 bridgehead atoms. The lowest BCUT2D eigenvalue weighted by Gasteiger charge is -2.25. The highest BCUT2D eigenvalue weighted by Crippen LogP contribution is 2.25. The van der Waals surface area contributed by atoms with Crippen LogP contribution in [-0.2, 0) is 9.53 Å². The van der Waals surface area contributed by atoms with Gasteiger partial charge in [-0.15, -0.1) is 0 Å². The number of rotatable bonds is 2. The van der Waals surface area contributed by atoms with Gasteiger partial charge in [0, 0.05) is 20.0 Å². The molecule has 2 nitrogen and oxygen atoms in total. The molecule has 0 aromatic rings. The average molecular weight is 155 g/mol. The van der Waals surface area contributed by atoms with Gasteiger partial charge in [-0.05, 0) is 25.7 Å². The van der Waals surface area contributed by atoms with Gasteiger partial charge in [-0.3, -0.25) is 4.79 Å². The Morgan fingerprint density at radius 1 is 1.36 bits per heavy atom. The second-order valence-electron chi connectivity index (χ2n) is 3.18. The van der Waals surface area contributed by atoms with Crippen molar-refractivity contribution in [3.8, 4) is 0 Å². The van der Waals surface area contributed by atoms with Crippen molar-refractivity contribution in [3.63, 3.8) is 0 Å². The molecule has 11 heavy (non-hydrogen) atoms. The second kappa shape index (κ2) is 3.86. The largest absolute Gasteiger partial charge is 0.381 e. The van der Waals surface area contributed by atoms with Crippen LogP contribution in [0.25, 0.3) is 0 Å². The highest BCUT2D eigenvalue weighted by Gasteiger charge is 2.23. The van der Waals surface area contributed by atoms with Gasteiger partial charge in [0.2, 0.25) is 0 Å². The zero-order valence-electron chi connectivity index (χ0n) is 7.01. The van der Waals surface area contributed by atoms with E-state index in [2.05, 4.69) is 6.92 Å². The van der Waals surface area contributed by atoms with E-state index in [9.17, 15) is 4.79 Å². The van der Waals surface area contributed by atoms with Crippen LogP contribution in [0, 0.1) is 12.8 Å². The van der Waals surface area contributed by atoms with Gasteiger partial charge in [0.1, 0.15) is 5.78 Å². The van der Waals surface area contributed by atoms with Gasteiger partial charge in [-0.2, -0.15) is 0 Å². The summed E-state index contributed by atoms with van der Waals surface area (Å²) in [5.41, 5.74) is 0. The Kier molecular flexibility index (Phi) is 3.06. The van der Waals surface area contributed by atoms with Crippen LogP contribution >= 0.6 is 0 Å². The minimum atomic E-state index is 0.0968. The van der Waals surface area contributed by atoms with Gasteiger partial charge >= 0.3 is 0 Å². The Morgan fingerprint density at radius 3 is 2.27 bits per heavy atom. The van der Waals surface area contributed by atoms with E-state index in [0.29, 0.717) is 6.10 Å². The summed E-state index contributed by atoms with van der Waals surface area (Å²) in [6, 6.07) is 0. The molecule has 0 atom stereocenters. The summed E-state index contributed by atoms with van der Waals surface area (Å²) >= 11 is 0. The van der Waals surface area contributed by atoms with Crippen molar-refractivity contribution in [1.82, 2.24) is 0 Å². The van der Waals surface area contributed by atoms with Crippen molar-refractivity contribution < 1.29 is 9.53 Å². The highest BCUT2D eigenvalue weighted by atomic mass is 16.5. The molecule has 0 aromatic heterocycles. The van der Waals surface area contributed by atoms with Crippen LogP contribution in [0.4, 0.5) is 0 Å². The normalized spacial score (nSPS) is 31.8. The van der Waals surface area contributed by atoms with Gasteiger partial charge < -0.3 is 4.74 Å². The van der Waals surface area contributed by atoms with Crippen LogP contribution in [0.3, 0.4) is 0 Å². The van der Waals surface area contributed by atoms with E-state index in [1.165, 1.54) is 0 Å². The van der Waals surface area contributed by atoms with E-state index in [0.717, 1.165) is 25.7 Å². The third-order valence-corrected chi connectivity index (χ3v) is 2.46. The van der Waals surface area contributed by atoms with Crippen molar-refractivity contribution in [3.05, 3.63) is 6.92 Å². The first-order valence-electron chi connectivity index (χ1n) is 4.12. The fourth-order valence-corrected chi connectivity index (χ4v) is 1.62. The number of Topliss-reactive ketones (excluding diaryl/α,β-unsaturated/α-hetero) is 1. The molecule has 0 heterocycles. The molecule has 0 aromatic carbocycles. The summed E-state index contributed by atoms with van der Waals surface area (Å²) in [6.45, 7) is 3.43. The minimum Gasteiger partial charge on any atom is -0.381 e. The quantitative estimate of drug-likeness (QED) is 0.605. The molecule has 0 saturated heterocycles. The maximum atomic E-state index is 10.8. The monoisotopic (exact) mass is 155 g/mol. The minimum absolute atomic E-state index is 0.0968. The molecule has 2 heteroatoms. The number of carbonyl (C=O) groups is 1. The lowest BCUT2D eigenvalue weighted by molar-refractivity contribution is -0.120. The van der Waals surface area contributed by atoms with E-state index >= 15 is 0 Å². The lowest BCUT2D eigenvalue weighted by atomic mass is 9.85. The maximum absolute atomic E-state index is 10.8. The Labute approximate surface area is 67.9 Å². The number of carbonyl (C=O) groups excluding carboxylic acids is 1. The van der Waals surface area contributed by atoms with Crippen LogP contribution in [-0.4, -0.2) is 19.0 Å². The van der Waals surface area contributed by atoms with Crippen LogP contribution in [0.15, 0.2) is 0 Å². The number of ether oxygens (including phenoxy) is 1. The number of hydrogen-bond acceptors (Lipinski definition) is 2. The van der Waals surface area contributed by atoms with Crippen molar-refractivity contribution >= 4 is 5.78 Å². The molecule has 1 saturated carbocycles. The Morgan fingerprint density at radius 2 is 1.91 bits per heavy atom. The predicted octanol–water partition coefficient (Wildman–Crippen LogP) is 1.59. The van der Waals surface area contributed by atoms with Crippen molar-refractivity contribution in [2.75, 3.05) is 7.11 Å². The summed E-state index contributed by atoms with van der Waals surface area (Å²) < 4.78 is 5.19. The summed E-state index contributed by atoms with van der Waals surface area (Å²) in [5.74, 6) is 0.306. The second-order valence-corrected chi connectivity index (χ2v) is 3.18. The summed E-state index contributed by atoms with van der Waals surface area (Å²) in [4.78, 5) is 10.8. The molecule has 0 amide bonds. The van der Waals surface area contributed by atoms with E-state index in [-0.39, 0.29) is 11.7 Å². The third kappa shape index (κ3) is 2.29. The van der Waals surface area contributed by atoms with Crippen LogP contribution in [0.2, 0.25) is 0 Å². The third-order valence-electron chi connectivity index (χ3n) is 2.46. The number of hydrogen-bond donors (Lipinski definition) is 0. The first kappa shape index (κ1) is 8.72. The average Bonchev–Trinajstić information content (AvgIpc) is 2.05. The SMILES string of the molecule is [CH2]C(=O)C1CCC(OC)CC1. The molecule has 1 aliphatic rings. The number of methoxy groups -OCH3 is 1. The Bertz CT molecular complexity index is 134. The number of ketones is 1.